The number of methoxy groups -OCH3 is 1. The summed E-state index contributed by atoms with van der Waals surface area (Å²) < 4.78 is 5.46. The van der Waals surface area contributed by atoms with Crippen LogP contribution in [0, 0.1) is 6.92 Å². The van der Waals surface area contributed by atoms with Crippen LogP contribution in [0.15, 0.2) is 42.5 Å². The van der Waals surface area contributed by atoms with E-state index in [0.29, 0.717) is 31.7 Å². The molecule has 29 heavy (non-hydrogen) atoms. The quantitative estimate of drug-likeness (QED) is 0.865. The van der Waals surface area contributed by atoms with Gasteiger partial charge < -0.3 is 19.9 Å². The van der Waals surface area contributed by atoms with E-state index in [-0.39, 0.29) is 11.9 Å². The van der Waals surface area contributed by atoms with E-state index >= 15 is 0 Å². The van der Waals surface area contributed by atoms with Crippen LogP contribution < -0.4 is 19.9 Å². The highest BCUT2D eigenvalue weighted by atomic mass is 16.5. The second kappa shape index (κ2) is 8.03. The van der Waals surface area contributed by atoms with E-state index in [0.717, 1.165) is 35.8 Å². The third-order valence-electron chi connectivity index (χ3n) is 5.58. The third kappa shape index (κ3) is 3.72. The van der Waals surface area contributed by atoms with E-state index in [1.807, 2.05) is 54.3 Å². The summed E-state index contributed by atoms with van der Waals surface area (Å²) >= 11 is 0. The smallest absolute Gasteiger partial charge is 0.322 e. The summed E-state index contributed by atoms with van der Waals surface area (Å²) in [5.41, 5.74) is 3.51. The Morgan fingerprint density at radius 1 is 1.00 bits per heavy atom. The van der Waals surface area contributed by atoms with Gasteiger partial charge in [0.15, 0.2) is 0 Å². The molecule has 2 aliphatic heterocycles. The van der Waals surface area contributed by atoms with E-state index in [1.165, 1.54) is 0 Å². The highest BCUT2D eigenvalue weighted by Crippen LogP contribution is 2.29. The number of para-hydroxylation sites is 2. The summed E-state index contributed by atoms with van der Waals surface area (Å²) in [6.07, 6.45) is 0. The van der Waals surface area contributed by atoms with Crippen LogP contribution >= 0.6 is 0 Å². The van der Waals surface area contributed by atoms with Gasteiger partial charge in [0.05, 0.1) is 12.8 Å². The summed E-state index contributed by atoms with van der Waals surface area (Å²) in [5, 5.41) is 2.81. The lowest BCUT2D eigenvalue weighted by atomic mass is 10.1. The average molecular weight is 394 g/mol. The summed E-state index contributed by atoms with van der Waals surface area (Å²) in [5.74, 6) is 0.884. The van der Waals surface area contributed by atoms with Gasteiger partial charge in [0.25, 0.3) is 5.91 Å². The molecule has 7 nitrogen and oxygen atoms in total. The van der Waals surface area contributed by atoms with E-state index in [9.17, 15) is 9.59 Å². The zero-order valence-corrected chi connectivity index (χ0v) is 16.9. The summed E-state index contributed by atoms with van der Waals surface area (Å²) in [4.78, 5) is 30.8. The molecule has 2 aromatic carbocycles. The summed E-state index contributed by atoms with van der Waals surface area (Å²) in [6, 6.07) is 13.5. The predicted molar refractivity (Wildman–Crippen MR) is 113 cm³/mol. The lowest BCUT2D eigenvalue weighted by Gasteiger charge is -2.36. The monoisotopic (exact) mass is 394 g/mol. The van der Waals surface area contributed by atoms with Gasteiger partial charge in [-0.1, -0.05) is 12.1 Å². The highest BCUT2D eigenvalue weighted by Gasteiger charge is 2.26. The first-order valence-corrected chi connectivity index (χ1v) is 9.92. The molecule has 0 aliphatic carbocycles. The number of rotatable bonds is 4. The van der Waals surface area contributed by atoms with Gasteiger partial charge in [-0.25, -0.2) is 4.79 Å². The van der Waals surface area contributed by atoms with Gasteiger partial charge in [0, 0.05) is 50.5 Å². The molecule has 0 unspecified atom stereocenters. The van der Waals surface area contributed by atoms with Crippen molar-refractivity contribution in [3.63, 3.8) is 0 Å². The number of ether oxygens (including phenoxy) is 1. The molecule has 0 bridgehead atoms. The van der Waals surface area contributed by atoms with Crippen molar-refractivity contribution in [3.8, 4) is 5.75 Å². The normalized spacial score (nSPS) is 16.8. The molecule has 0 saturated carbocycles. The molecule has 4 rings (SSSR count). The number of benzene rings is 2. The maximum Gasteiger partial charge on any atom is 0.322 e. The Bertz CT molecular complexity index is 922. The molecule has 0 atom stereocenters. The fourth-order valence-corrected chi connectivity index (χ4v) is 4.02. The number of hydrogen-bond acceptors (Lipinski definition) is 4. The lowest BCUT2D eigenvalue weighted by molar-refractivity contribution is 0.0746. The van der Waals surface area contributed by atoms with Crippen LogP contribution in [0.25, 0.3) is 0 Å². The maximum absolute atomic E-state index is 13.0. The molecule has 0 spiro atoms. The number of carbonyl (C=O) groups is 2. The molecule has 2 fully saturated rings. The van der Waals surface area contributed by atoms with Gasteiger partial charge in [0.2, 0.25) is 0 Å². The second-order valence-corrected chi connectivity index (χ2v) is 7.34. The van der Waals surface area contributed by atoms with Crippen LogP contribution in [0.2, 0.25) is 0 Å². The van der Waals surface area contributed by atoms with Crippen molar-refractivity contribution in [3.05, 3.63) is 53.6 Å². The molecule has 152 valence electrons. The van der Waals surface area contributed by atoms with Gasteiger partial charge in [0.1, 0.15) is 5.75 Å². The molecule has 0 radical (unpaired) electrons. The Hall–Kier alpha value is -3.22. The molecular formula is C22H26N4O3. The van der Waals surface area contributed by atoms with Crippen molar-refractivity contribution in [2.75, 3.05) is 56.2 Å². The Morgan fingerprint density at radius 2 is 1.76 bits per heavy atom. The van der Waals surface area contributed by atoms with Gasteiger partial charge in [-0.05, 0) is 42.8 Å². The van der Waals surface area contributed by atoms with Crippen LogP contribution in [0.1, 0.15) is 15.9 Å². The van der Waals surface area contributed by atoms with Crippen LogP contribution in [0.4, 0.5) is 16.2 Å². The highest BCUT2D eigenvalue weighted by molar-refractivity contribution is 5.98. The lowest BCUT2D eigenvalue weighted by Crippen LogP contribution is -2.48. The Labute approximate surface area is 170 Å². The summed E-state index contributed by atoms with van der Waals surface area (Å²) in [6.45, 7) is 6.08. The molecule has 1 N–H and O–H groups in total. The minimum atomic E-state index is -0.0837. The van der Waals surface area contributed by atoms with Crippen molar-refractivity contribution in [2.45, 2.75) is 6.92 Å². The molecule has 2 aromatic rings. The van der Waals surface area contributed by atoms with Crippen molar-refractivity contribution in [1.29, 1.82) is 0 Å². The van der Waals surface area contributed by atoms with E-state index in [4.69, 9.17) is 4.74 Å². The zero-order valence-electron chi connectivity index (χ0n) is 16.9. The second-order valence-electron chi connectivity index (χ2n) is 7.34. The first kappa shape index (κ1) is 19.1. The fourth-order valence-electron chi connectivity index (χ4n) is 4.02. The molecule has 2 aliphatic rings. The molecule has 7 heteroatoms. The van der Waals surface area contributed by atoms with Gasteiger partial charge >= 0.3 is 6.03 Å². The minimum Gasteiger partial charge on any atom is -0.495 e. The van der Waals surface area contributed by atoms with Crippen LogP contribution in [0.5, 0.6) is 5.75 Å². The number of carbonyl (C=O) groups excluding carboxylic acids is 2. The standard InChI is InChI=1S/C22H26N4O3/c1-16-15-17(7-8-18(16)26-10-9-23-22(26)28)21(27)25-13-11-24(12-14-25)19-5-3-4-6-20(19)29-2/h3-8,15H,9-14H2,1-2H3,(H,23,28). The van der Waals surface area contributed by atoms with Gasteiger partial charge in [-0.15, -0.1) is 0 Å². The molecule has 3 amide bonds. The fraction of sp³-hybridized carbons (Fsp3) is 0.364. The predicted octanol–water partition coefficient (Wildman–Crippen LogP) is 2.50. The maximum atomic E-state index is 13.0. The first-order chi connectivity index (χ1) is 14.1. The zero-order chi connectivity index (χ0) is 20.4. The van der Waals surface area contributed by atoms with Crippen molar-refractivity contribution in [2.24, 2.45) is 0 Å². The number of nitrogens with one attached hydrogen (secondary N) is 1. The van der Waals surface area contributed by atoms with Gasteiger partial charge in [-0.2, -0.15) is 0 Å². The Kier molecular flexibility index (Phi) is 5.29. The number of nitrogens with zero attached hydrogens (tertiary/aromatic N) is 3. The minimum absolute atomic E-state index is 0.0326. The van der Waals surface area contributed by atoms with E-state index in [2.05, 4.69) is 10.2 Å². The van der Waals surface area contributed by atoms with E-state index in [1.54, 1.807) is 12.0 Å². The van der Waals surface area contributed by atoms with E-state index < -0.39 is 0 Å². The van der Waals surface area contributed by atoms with Crippen LogP contribution in [0.3, 0.4) is 0 Å². The number of hydrogen-bond donors (Lipinski definition) is 1. The molecule has 2 heterocycles. The van der Waals surface area contributed by atoms with Crippen LogP contribution in [-0.4, -0.2) is 63.2 Å². The van der Waals surface area contributed by atoms with Crippen molar-refractivity contribution in [1.82, 2.24) is 10.2 Å². The van der Waals surface area contributed by atoms with Crippen molar-refractivity contribution < 1.29 is 14.3 Å². The number of aryl methyl sites for hydroxylation is 1. The van der Waals surface area contributed by atoms with Gasteiger partial charge in [-0.3, -0.25) is 9.69 Å². The first-order valence-electron chi connectivity index (χ1n) is 9.92. The Morgan fingerprint density at radius 3 is 2.41 bits per heavy atom. The largest absolute Gasteiger partial charge is 0.495 e. The number of urea groups is 1. The third-order valence-corrected chi connectivity index (χ3v) is 5.58. The number of amides is 3. The topological polar surface area (TPSA) is 65.1 Å². The molecule has 0 aromatic heterocycles. The Balaban J connectivity index is 1.43. The number of anilines is 2. The average Bonchev–Trinajstić information content (AvgIpc) is 3.18. The van der Waals surface area contributed by atoms with Crippen molar-refractivity contribution >= 4 is 23.3 Å². The SMILES string of the molecule is COc1ccccc1N1CCN(C(=O)c2ccc(N3CCNC3=O)c(C)c2)CC1. The summed E-state index contributed by atoms with van der Waals surface area (Å²) in [7, 11) is 1.68. The molecule has 2 saturated heterocycles. The number of piperazine rings is 1. The van der Waals surface area contributed by atoms with Crippen LogP contribution in [-0.2, 0) is 0 Å². The molecular weight excluding hydrogens is 368 g/mol.